The second-order valence-corrected chi connectivity index (χ2v) is 17.6. The van der Waals surface area contributed by atoms with Crippen molar-refractivity contribution in [1.29, 1.82) is 0 Å². The topological polar surface area (TPSA) is 31.2 Å². The molecule has 58 heavy (non-hydrogen) atoms. The fraction of sp³-hybridized carbons (Fsp3) is 0.222. The number of hydrogen-bond donors (Lipinski definition) is 0. The van der Waals surface area contributed by atoms with E-state index in [1.165, 1.54) is 44.5 Å². The van der Waals surface area contributed by atoms with E-state index < -0.39 is 0 Å². The van der Waals surface area contributed by atoms with Crippen molar-refractivity contribution in [2.75, 3.05) is 10.0 Å². The summed E-state index contributed by atoms with van der Waals surface area (Å²) in [5.74, 6) is 0. The number of rotatable bonds is 9. The lowest BCUT2D eigenvalue weighted by Gasteiger charge is -2.24. The van der Waals surface area contributed by atoms with Crippen molar-refractivity contribution < 1.29 is 0 Å². The summed E-state index contributed by atoms with van der Waals surface area (Å²) in [6, 6.07) is 57.1. The van der Waals surface area contributed by atoms with Crippen molar-refractivity contribution in [3.05, 3.63) is 203 Å². The highest BCUT2D eigenvalue weighted by Gasteiger charge is 2.30. The second-order valence-electron chi connectivity index (χ2n) is 17.6. The Labute approximate surface area is 345 Å². The Morgan fingerprint density at radius 2 is 0.759 bits per heavy atom. The van der Waals surface area contributed by atoms with Crippen LogP contribution in [0.15, 0.2) is 180 Å². The van der Waals surface area contributed by atoms with Crippen LogP contribution in [-0.2, 0) is 10.8 Å². The molecule has 0 saturated carbocycles. The van der Waals surface area contributed by atoms with Gasteiger partial charge in [-0.25, -0.2) is 0 Å². The molecule has 0 aliphatic carbocycles. The minimum atomic E-state index is 0.110. The molecule has 0 amide bonds. The number of nitrogens with zero attached hydrogens (tertiary/aromatic N) is 4. The molecule has 0 N–H and O–H groups in total. The molecule has 0 aromatic heterocycles. The molecule has 2 heterocycles. The first kappa shape index (κ1) is 38.6. The zero-order chi connectivity index (χ0) is 40.3. The van der Waals surface area contributed by atoms with E-state index in [0.717, 1.165) is 35.6 Å². The maximum Gasteiger partial charge on any atom is 0.0831 e. The fourth-order valence-electron chi connectivity index (χ4n) is 7.79. The smallest absolute Gasteiger partial charge is 0.0831 e. The van der Waals surface area contributed by atoms with Crippen LogP contribution in [0.5, 0.6) is 0 Å². The lowest BCUT2D eigenvalue weighted by atomic mass is 9.86. The minimum Gasteiger partial charge on any atom is -0.257 e. The maximum absolute atomic E-state index is 5.13. The number of anilines is 2. The first-order valence-electron chi connectivity index (χ1n) is 20.6. The average molecular weight is 759 g/mol. The molecule has 2 aliphatic rings. The SMILES string of the molecule is CC(C)(C)c1ccc(C=CC2=NN(c3ccccc3)C(c3ccc(-c4ccc(C5CC(C=Cc6ccc(C(C)(C)C)cc6)=NN5c5ccccc5)cc4)cc3)C2)cc1. The summed E-state index contributed by atoms with van der Waals surface area (Å²) in [7, 11) is 0. The van der Waals surface area contributed by atoms with Crippen molar-refractivity contribution in [3.8, 4) is 11.1 Å². The van der Waals surface area contributed by atoms with Crippen LogP contribution in [0.2, 0.25) is 0 Å². The van der Waals surface area contributed by atoms with Crippen LogP contribution < -0.4 is 10.0 Å². The van der Waals surface area contributed by atoms with E-state index >= 15 is 0 Å². The molecule has 0 fully saturated rings. The monoisotopic (exact) mass is 758 g/mol. The summed E-state index contributed by atoms with van der Waals surface area (Å²) < 4.78 is 0. The first-order chi connectivity index (χ1) is 28.0. The van der Waals surface area contributed by atoms with Crippen molar-refractivity contribution in [2.45, 2.75) is 77.3 Å². The molecular weight excluding hydrogens is 705 g/mol. The van der Waals surface area contributed by atoms with E-state index in [2.05, 4.69) is 234 Å². The molecule has 2 aliphatic heterocycles. The molecule has 4 heteroatoms. The molecule has 8 rings (SSSR count). The summed E-state index contributed by atoms with van der Waals surface area (Å²) in [6.45, 7) is 13.5. The number of hydrogen-bond acceptors (Lipinski definition) is 4. The van der Waals surface area contributed by atoms with Gasteiger partial charge in [-0.05, 0) is 91.8 Å². The van der Waals surface area contributed by atoms with Crippen molar-refractivity contribution in [2.24, 2.45) is 10.2 Å². The summed E-state index contributed by atoms with van der Waals surface area (Å²) >= 11 is 0. The van der Waals surface area contributed by atoms with Gasteiger partial charge in [-0.15, -0.1) is 0 Å². The van der Waals surface area contributed by atoms with Crippen LogP contribution in [0, 0.1) is 0 Å². The average Bonchev–Trinajstić information content (AvgIpc) is 3.88. The summed E-state index contributed by atoms with van der Waals surface area (Å²) in [5, 5.41) is 14.6. The van der Waals surface area contributed by atoms with Crippen molar-refractivity contribution >= 4 is 35.0 Å². The molecule has 2 atom stereocenters. The third kappa shape index (κ3) is 8.82. The van der Waals surface area contributed by atoms with Gasteiger partial charge in [0.05, 0.1) is 34.9 Å². The summed E-state index contributed by atoms with van der Waals surface area (Å²) in [4.78, 5) is 0. The zero-order valence-electron chi connectivity index (χ0n) is 34.7. The first-order valence-corrected chi connectivity index (χ1v) is 20.6. The quantitative estimate of drug-likeness (QED) is 0.147. The predicted octanol–water partition coefficient (Wildman–Crippen LogP) is 14.0. The molecular formula is C54H54N4. The van der Waals surface area contributed by atoms with Crippen molar-refractivity contribution in [3.63, 3.8) is 0 Å². The van der Waals surface area contributed by atoms with E-state index in [1.807, 2.05) is 0 Å². The number of para-hydroxylation sites is 2. The van der Waals surface area contributed by atoms with Gasteiger partial charge in [0.15, 0.2) is 0 Å². The molecule has 4 nitrogen and oxygen atoms in total. The van der Waals surface area contributed by atoms with Crippen LogP contribution in [0.1, 0.15) is 99.8 Å². The van der Waals surface area contributed by atoms with Gasteiger partial charge in [0.25, 0.3) is 0 Å². The fourth-order valence-corrected chi connectivity index (χ4v) is 7.79. The Hall–Kier alpha value is -6.26. The van der Waals surface area contributed by atoms with Crippen LogP contribution >= 0.6 is 0 Å². The van der Waals surface area contributed by atoms with Crippen molar-refractivity contribution in [1.82, 2.24) is 0 Å². The highest BCUT2D eigenvalue weighted by molar-refractivity contribution is 6.02. The van der Waals surface area contributed by atoms with Gasteiger partial charge >= 0.3 is 0 Å². The molecule has 0 radical (unpaired) electrons. The highest BCUT2D eigenvalue weighted by atomic mass is 15.5. The molecule has 0 saturated heterocycles. The summed E-state index contributed by atoms with van der Waals surface area (Å²) in [5.41, 5.74) is 14.5. The molecule has 6 aromatic rings. The van der Waals surface area contributed by atoms with Gasteiger partial charge in [0, 0.05) is 12.8 Å². The summed E-state index contributed by atoms with van der Waals surface area (Å²) in [6.07, 6.45) is 10.4. The maximum atomic E-state index is 5.13. The third-order valence-corrected chi connectivity index (χ3v) is 11.3. The standard InChI is InChI=1S/C54H54N4/c1-53(2,3)45-31-17-39(18-32-45)21-35-47-37-51(57(55-47)49-13-9-7-10-14-49)43-27-23-41(24-28-43)42-25-29-44(30-26-42)52-38-48(56-58(52)50-15-11-8-12-16-50)36-22-40-19-33-46(34-20-40)54(4,5)6/h7-36,51-52H,37-38H2,1-6H3. The molecule has 2 unspecified atom stereocenters. The normalized spacial score (nSPS) is 17.3. The largest absolute Gasteiger partial charge is 0.257 e. The minimum absolute atomic E-state index is 0.110. The van der Waals surface area contributed by atoms with Crippen LogP contribution in [0.4, 0.5) is 11.4 Å². The van der Waals surface area contributed by atoms with Gasteiger partial charge in [-0.2, -0.15) is 10.2 Å². The Bertz CT molecular complexity index is 2250. The van der Waals surface area contributed by atoms with E-state index in [0.29, 0.717) is 0 Å². The van der Waals surface area contributed by atoms with E-state index in [4.69, 9.17) is 10.2 Å². The Balaban J connectivity index is 0.980. The Morgan fingerprint density at radius 3 is 1.09 bits per heavy atom. The van der Waals surface area contributed by atoms with E-state index in [9.17, 15) is 0 Å². The van der Waals surface area contributed by atoms with Crippen LogP contribution in [0.3, 0.4) is 0 Å². The lowest BCUT2D eigenvalue weighted by Crippen LogP contribution is -2.18. The van der Waals surface area contributed by atoms with Gasteiger partial charge in [-0.3, -0.25) is 10.0 Å². The van der Waals surface area contributed by atoms with Gasteiger partial charge in [0.1, 0.15) is 0 Å². The molecule has 0 spiro atoms. The zero-order valence-corrected chi connectivity index (χ0v) is 34.7. The second kappa shape index (κ2) is 16.3. The molecule has 290 valence electrons. The molecule has 0 bridgehead atoms. The lowest BCUT2D eigenvalue weighted by molar-refractivity contribution is 0.590. The van der Waals surface area contributed by atoms with E-state index in [1.54, 1.807) is 0 Å². The number of benzene rings is 6. The van der Waals surface area contributed by atoms with Crippen LogP contribution in [0.25, 0.3) is 23.3 Å². The Kier molecular flexibility index (Phi) is 10.9. The molecule has 6 aromatic carbocycles. The highest BCUT2D eigenvalue weighted by Crippen LogP contribution is 2.39. The van der Waals surface area contributed by atoms with Crippen LogP contribution in [-0.4, -0.2) is 11.4 Å². The Morgan fingerprint density at radius 1 is 0.414 bits per heavy atom. The number of allylic oxidation sites excluding steroid dienone is 2. The number of hydrazone groups is 2. The van der Waals surface area contributed by atoms with Gasteiger partial charge in [0.2, 0.25) is 0 Å². The third-order valence-electron chi connectivity index (χ3n) is 11.3. The van der Waals surface area contributed by atoms with Gasteiger partial charge in [-0.1, -0.05) is 187 Å². The van der Waals surface area contributed by atoms with Gasteiger partial charge < -0.3 is 0 Å². The predicted molar refractivity (Wildman–Crippen MR) is 248 cm³/mol. The van der Waals surface area contributed by atoms with E-state index in [-0.39, 0.29) is 22.9 Å².